The fourth-order valence-corrected chi connectivity index (χ4v) is 3.42. The Morgan fingerprint density at radius 3 is 2.65 bits per heavy atom. The van der Waals surface area contributed by atoms with Crippen LogP contribution in [0.1, 0.15) is 34.1 Å². The van der Waals surface area contributed by atoms with E-state index in [9.17, 15) is 10.1 Å². The van der Waals surface area contributed by atoms with Gasteiger partial charge in [0.05, 0.1) is 33.1 Å². The molecule has 1 aliphatic rings. The number of nitrogens with zero attached hydrogens (tertiary/aromatic N) is 2. The van der Waals surface area contributed by atoms with Gasteiger partial charge >= 0.3 is 5.69 Å². The highest BCUT2D eigenvalue weighted by Gasteiger charge is 2.46. The number of anilines is 1. The second-order valence-electron chi connectivity index (χ2n) is 7.16. The minimum Gasteiger partial charge on any atom is -0.374 e. The molecule has 1 N–H and O–H groups in total. The molecule has 0 amide bonds. The van der Waals surface area contributed by atoms with Gasteiger partial charge in [0.2, 0.25) is 0 Å². The van der Waals surface area contributed by atoms with E-state index < -0.39 is 5.60 Å². The van der Waals surface area contributed by atoms with Crippen LogP contribution in [0.25, 0.3) is 10.9 Å². The average Bonchev–Trinajstić information content (AvgIpc) is 2.65. The second-order valence-corrected chi connectivity index (χ2v) is 7.16. The van der Waals surface area contributed by atoms with Crippen molar-refractivity contribution in [1.82, 2.24) is 4.98 Å². The Kier molecular flexibility index (Phi) is 3.52. The Labute approximate surface area is 135 Å². The highest BCUT2D eigenvalue weighted by Crippen LogP contribution is 2.41. The van der Waals surface area contributed by atoms with E-state index in [0.717, 1.165) is 6.42 Å². The number of aromatic nitrogens is 1. The standard InChI is InChI=1S/C17H21N3O3/c1-16(2)10-14(17(3,4)23-16)19-13-8-7-12-11(6-5-9-18-12)15(13)20(21)22/h5-9,14,19H,10H2,1-4H3. The summed E-state index contributed by atoms with van der Waals surface area (Å²) in [6, 6.07) is 6.97. The van der Waals surface area contributed by atoms with Crippen LogP contribution in [0, 0.1) is 10.1 Å². The predicted molar refractivity (Wildman–Crippen MR) is 89.7 cm³/mol. The second kappa shape index (κ2) is 5.16. The van der Waals surface area contributed by atoms with Gasteiger partial charge in [0, 0.05) is 6.20 Å². The quantitative estimate of drug-likeness (QED) is 0.686. The summed E-state index contributed by atoms with van der Waals surface area (Å²) >= 11 is 0. The van der Waals surface area contributed by atoms with Crippen LogP contribution in [-0.4, -0.2) is 27.2 Å². The molecule has 0 saturated carbocycles. The molecule has 1 aromatic heterocycles. The van der Waals surface area contributed by atoms with Crippen molar-refractivity contribution in [3.8, 4) is 0 Å². The first-order valence-electron chi connectivity index (χ1n) is 7.68. The van der Waals surface area contributed by atoms with Crippen LogP contribution in [0.4, 0.5) is 11.4 Å². The minimum absolute atomic E-state index is 0.00896. The molecule has 0 bridgehead atoms. The third-order valence-corrected chi connectivity index (χ3v) is 4.34. The smallest absolute Gasteiger partial charge is 0.301 e. The van der Waals surface area contributed by atoms with Crippen molar-refractivity contribution in [1.29, 1.82) is 0 Å². The summed E-state index contributed by atoms with van der Waals surface area (Å²) in [7, 11) is 0. The van der Waals surface area contributed by atoms with E-state index in [4.69, 9.17) is 4.74 Å². The summed E-state index contributed by atoms with van der Waals surface area (Å²) in [5.41, 5.74) is 0.535. The molecular weight excluding hydrogens is 294 g/mol. The molecule has 1 aliphatic heterocycles. The van der Waals surface area contributed by atoms with Crippen LogP contribution in [0.15, 0.2) is 30.5 Å². The lowest BCUT2D eigenvalue weighted by Crippen LogP contribution is -2.38. The third kappa shape index (κ3) is 2.86. The Balaban J connectivity index is 2.04. The number of hydrogen-bond acceptors (Lipinski definition) is 5. The van der Waals surface area contributed by atoms with E-state index >= 15 is 0 Å². The Morgan fingerprint density at radius 1 is 1.30 bits per heavy atom. The maximum absolute atomic E-state index is 11.6. The van der Waals surface area contributed by atoms with Crippen molar-refractivity contribution < 1.29 is 9.66 Å². The van der Waals surface area contributed by atoms with E-state index in [1.54, 1.807) is 30.5 Å². The van der Waals surface area contributed by atoms with Crippen molar-refractivity contribution in [2.75, 3.05) is 5.32 Å². The molecule has 0 aliphatic carbocycles. The van der Waals surface area contributed by atoms with Gasteiger partial charge in [-0.1, -0.05) is 0 Å². The van der Waals surface area contributed by atoms with Gasteiger partial charge in [-0.3, -0.25) is 15.1 Å². The van der Waals surface area contributed by atoms with E-state index in [1.807, 2.05) is 27.7 Å². The lowest BCUT2D eigenvalue weighted by molar-refractivity contribution is -0.382. The molecule has 2 heterocycles. The van der Waals surface area contributed by atoms with Crippen LogP contribution >= 0.6 is 0 Å². The molecule has 23 heavy (non-hydrogen) atoms. The normalized spacial score (nSPS) is 22.2. The Hall–Kier alpha value is -2.21. The van der Waals surface area contributed by atoms with E-state index in [2.05, 4.69) is 10.3 Å². The number of nitro benzene ring substituents is 1. The van der Waals surface area contributed by atoms with Crippen LogP contribution in [-0.2, 0) is 4.74 Å². The molecule has 1 fully saturated rings. The lowest BCUT2D eigenvalue weighted by Gasteiger charge is -2.28. The van der Waals surface area contributed by atoms with Crippen LogP contribution in [0.5, 0.6) is 0 Å². The molecule has 6 heteroatoms. The van der Waals surface area contributed by atoms with Gasteiger partial charge in [0.1, 0.15) is 5.69 Å². The van der Waals surface area contributed by atoms with Gasteiger partial charge in [-0.05, 0) is 58.4 Å². The maximum Gasteiger partial charge on any atom is 0.301 e. The van der Waals surface area contributed by atoms with Crippen molar-refractivity contribution in [2.45, 2.75) is 51.4 Å². The fourth-order valence-electron chi connectivity index (χ4n) is 3.42. The van der Waals surface area contributed by atoms with Gasteiger partial charge in [-0.15, -0.1) is 0 Å². The van der Waals surface area contributed by atoms with E-state index in [-0.39, 0.29) is 22.3 Å². The highest BCUT2D eigenvalue weighted by molar-refractivity contribution is 5.94. The molecular formula is C17H21N3O3. The van der Waals surface area contributed by atoms with Crippen LogP contribution < -0.4 is 5.32 Å². The first-order valence-corrected chi connectivity index (χ1v) is 7.68. The number of nitro groups is 1. The van der Waals surface area contributed by atoms with Crippen molar-refractivity contribution in [3.63, 3.8) is 0 Å². The zero-order valence-electron chi connectivity index (χ0n) is 13.8. The van der Waals surface area contributed by atoms with Gasteiger partial charge in [0.25, 0.3) is 0 Å². The fraction of sp³-hybridized carbons (Fsp3) is 0.471. The van der Waals surface area contributed by atoms with Gasteiger partial charge < -0.3 is 10.1 Å². The summed E-state index contributed by atoms with van der Waals surface area (Å²) in [4.78, 5) is 15.4. The molecule has 0 radical (unpaired) electrons. The molecule has 0 spiro atoms. The number of rotatable bonds is 3. The van der Waals surface area contributed by atoms with Crippen LogP contribution in [0.2, 0.25) is 0 Å². The first-order chi connectivity index (χ1) is 10.7. The number of fused-ring (bicyclic) bond motifs is 1. The molecule has 2 aromatic rings. The maximum atomic E-state index is 11.6. The van der Waals surface area contributed by atoms with Crippen molar-refractivity contribution >= 4 is 22.3 Å². The Morgan fingerprint density at radius 2 is 2.04 bits per heavy atom. The van der Waals surface area contributed by atoms with Gasteiger partial charge in [0.15, 0.2) is 0 Å². The zero-order valence-corrected chi connectivity index (χ0v) is 13.8. The zero-order chi connectivity index (χ0) is 16.8. The summed E-state index contributed by atoms with van der Waals surface area (Å²) in [6.07, 6.45) is 2.41. The summed E-state index contributed by atoms with van der Waals surface area (Å²) < 4.78 is 6.06. The summed E-state index contributed by atoms with van der Waals surface area (Å²) in [6.45, 7) is 8.09. The number of pyridine rings is 1. The number of nitrogens with one attached hydrogen (secondary N) is 1. The first kappa shape index (κ1) is 15.7. The third-order valence-electron chi connectivity index (χ3n) is 4.34. The SMILES string of the molecule is CC1(C)CC(Nc2ccc3ncccc3c2[N+](=O)[O-])C(C)(C)O1. The molecule has 6 nitrogen and oxygen atoms in total. The molecule has 1 unspecified atom stereocenters. The predicted octanol–water partition coefficient (Wildman–Crippen LogP) is 3.90. The molecule has 3 rings (SSSR count). The molecule has 1 saturated heterocycles. The average molecular weight is 315 g/mol. The monoisotopic (exact) mass is 315 g/mol. The minimum atomic E-state index is -0.402. The van der Waals surface area contributed by atoms with Crippen molar-refractivity contribution in [2.24, 2.45) is 0 Å². The number of hydrogen-bond donors (Lipinski definition) is 1. The molecule has 122 valence electrons. The topological polar surface area (TPSA) is 77.3 Å². The van der Waals surface area contributed by atoms with Crippen molar-refractivity contribution in [3.05, 3.63) is 40.6 Å². The number of benzene rings is 1. The molecule has 1 aromatic carbocycles. The van der Waals surface area contributed by atoms with Gasteiger partial charge in [-0.25, -0.2) is 0 Å². The van der Waals surface area contributed by atoms with Crippen LogP contribution in [0.3, 0.4) is 0 Å². The van der Waals surface area contributed by atoms with E-state index in [0.29, 0.717) is 16.6 Å². The highest BCUT2D eigenvalue weighted by atomic mass is 16.6. The Bertz CT molecular complexity index is 771. The summed E-state index contributed by atoms with van der Waals surface area (Å²) in [5.74, 6) is 0. The van der Waals surface area contributed by atoms with E-state index in [1.165, 1.54) is 0 Å². The lowest BCUT2D eigenvalue weighted by atomic mass is 9.94. The number of ether oxygens (including phenoxy) is 1. The largest absolute Gasteiger partial charge is 0.374 e. The van der Waals surface area contributed by atoms with Gasteiger partial charge in [-0.2, -0.15) is 0 Å². The summed E-state index contributed by atoms with van der Waals surface area (Å²) in [5, 5.41) is 15.5. The molecule has 1 atom stereocenters.